The van der Waals surface area contributed by atoms with Crippen molar-refractivity contribution in [1.82, 2.24) is 9.78 Å². The van der Waals surface area contributed by atoms with Crippen molar-refractivity contribution in [3.63, 3.8) is 0 Å². The number of rotatable bonds is 5. The van der Waals surface area contributed by atoms with E-state index in [-0.39, 0.29) is 11.8 Å². The summed E-state index contributed by atoms with van der Waals surface area (Å²) >= 11 is 0. The predicted octanol–water partition coefficient (Wildman–Crippen LogP) is 2.52. The van der Waals surface area contributed by atoms with Crippen LogP contribution in [0.25, 0.3) is 0 Å². The molecular formula is C15H17FN2O2. The number of esters is 1. The molecule has 0 saturated heterocycles. The molecule has 0 saturated carbocycles. The van der Waals surface area contributed by atoms with Gasteiger partial charge in [0.1, 0.15) is 11.4 Å². The summed E-state index contributed by atoms with van der Waals surface area (Å²) in [6.45, 7) is 2.11. The van der Waals surface area contributed by atoms with Crippen LogP contribution >= 0.6 is 0 Å². The zero-order valence-electron chi connectivity index (χ0n) is 11.6. The Kier molecular flexibility index (Phi) is 4.50. The van der Waals surface area contributed by atoms with Gasteiger partial charge in [-0.15, -0.1) is 0 Å². The number of aromatic nitrogens is 2. The van der Waals surface area contributed by atoms with Gasteiger partial charge in [0.25, 0.3) is 0 Å². The van der Waals surface area contributed by atoms with Gasteiger partial charge in [-0.1, -0.05) is 12.1 Å². The van der Waals surface area contributed by atoms with Crippen LogP contribution in [-0.2, 0) is 24.6 Å². The fourth-order valence-corrected chi connectivity index (χ4v) is 2.05. The molecule has 20 heavy (non-hydrogen) atoms. The van der Waals surface area contributed by atoms with E-state index < -0.39 is 0 Å². The maximum absolute atomic E-state index is 12.8. The van der Waals surface area contributed by atoms with E-state index in [1.807, 2.05) is 0 Å². The zero-order valence-corrected chi connectivity index (χ0v) is 11.6. The minimum absolute atomic E-state index is 0.249. The highest BCUT2D eigenvalue weighted by molar-refractivity contribution is 5.90. The summed E-state index contributed by atoms with van der Waals surface area (Å²) in [5, 5.41) is 4.10. The standard InChI is InChI=1S/C15H17FN2O2/c1-3-20-15(19)13-10-17-18(2)14(13)9-6-11-4-7-12(16)8-5-11/h4-5,7-8,10H,3,6,9H2,1-2H3. The Labute approximate surface area is 117 Å². The normalized spacial score (nSPS) is 10.6. The molecule has 0 N–H and O–H groups in total. The van der Waals surface area contributed by atoms with Gasteiger partial charge in [0, 0.05) is 7.05 Å². The van der Waals surface area contributed by atoms with Crippen LogP contribution in [0.5, 0.6) is 0 Å². The van der Waals surface area contributed by atoms with Gasteiger partial charge in [0.15, 0.2) is 0 Å². The summed E-state index contributed by atoms with van der Waals surface area (Å²) in [4.78, 5) is 11.8. The molecule has 4 nitrogen and oxygen atoms in total. The van der Waals surface area contributed by atoms with Crippen molar-refractivity contribution in [1.29, 1.82) is 0 Å². The summed E-state index contributed by atoms with van der Waals surface area (Å²) in [7, 11) is 1.79. The Hall–Kier alpha value is -2.17. The third kappa shape index (κ3) is 3.23. The first-order valence-corrected chi connectivity index (χ1v) is 6.54. The number of aryl methyl sites for hydroxylation is 2. The highest BCUT2D eigenvalue weighted by atomic mass is 19.1. The fourth-order valence-electron chi connectivity index (χ4n) is 2.05. The summed E-state index contributed by atoms with van der Waals surface area (Å²) < 4.78 is 19.5. The lowest BCUT2D eigenvalue weighted by Crippen LogP contribution is -2.09. The second kappa shape index (κ2) is 6.32. The lowest BCUT2D eigenvalue weighted by atomic mass is 10.1. The minimum atomic E-state index is -0.352. The van der Waals surface area contributed by atoms with Crippen LogP contribution in [-0.4, -0.2) is 22.4 Å². The van der Waals surface area contributed by atoms with Gasteiger partial charge in [-0.25, -0.2) is 9.18 Å². The fraction of sp³-hybridized carbons (Fsp3) is 0.333. The minimum Gasteiger partial charge on any atom is -0.462 e. The van der Waals surface area contributed by atoms with Crippen molar-refractivity contribution in [3.05, 3.63) is 53.1 Å². The Morgan fingerprint density at radius 1 is 1.30 bits per heavy atom. The molecule has 1 aromatic heterocycles. The van der Waals surface area contributed by atoms with Crippen LogP contribution in [0.3, 0.4) is 0 Å². The average molecular weight is 276 g/mol. The van der Waals surface area contributed by atoms with Crippen LogP contribution in [0, 0.1) is 5.82 Å². The third-order valence-electron chi connectivity index (χ3n) is 3.12. The Balaban J connectivity index is 2.11. The quantitative estimate of drug-likeness (QED) is 0.788. The van der Waals surface area contributed by atoms with Gasteiger partial charge in [-0.3, -0.25) is 4.68 Å². The number of carbonyl (C=O) groups is 1. The molecule has 0 fully saturated rings. The SMILES string of the molecule is CCOC(=O)c1cnn(C)c1CCc1ccc(F)cc1. The largest absolute Gasteiger partial charge is 0.462 e. The van der Waals surface area contributed by atoms with Crippen LogP contribution in [0.4, 0.5) is 4.39 Å². The highest BCUT2D eigenvalue weighted by Gasteiger charge is 2.16. The van der Waals surface area contributed by atoms with Crippen LogP contribution in [0.15, 0.2) is 30.5 Å². The van der Waals surface area contributed by atoms with E-state index in [4.69, 9.17) is 4.74 Å². The molecule has 106 valence electrons. The second-order valence-corrected chi connectivity index (χ2v) is 4.48. The molecule has 5 heteroatoms. The summed E-state index contributed by atoms with van der Waals surface area (Å²) in [6.07, 6.45) is 2.89. The number of hydrogen-bond acceptors (Lipinski definition) is 3. The predicted molar refractivity (Wildman–Crippen MR) is 73.0 cm³/mol. The van der Waals surface area contributed by atoms with Gasteiger partial charge < -0.3 is 4.74 Å². The summed E-state index contributed by atoms with van der Waals surface area (Å²) in [5.74, 6) is -0.601. The number of halogens is 1. The molecule has 0 aliphatic heterocycles. The van der Waals surface area contributed by atoms with E-state index in [1.54, 1.807) is 30.8 Å². The smallest absolute Gasteiger partial charge is 0.341 e. The Bertz CT molecular complexity index is 590. The van der Waals surface area contributed by atoms with E-state index in [0.717, 1.165) is 11.3 Å². The maximum atomic E-state index is 12.8. The lowest BCUT2D eigenvalue weighted by molar-refractivity contribution is 0.0525. The first-order chi connectivity index (χ1) is 9.61. The van der Waals surface area contributed by atoms with Crippen molar-refractivity contribution in [2.75, 3.05) is 6.61 Å². The number of carbonyl (C=O) groups excluding carboxylic acids is 1. The molecule has 0 atom stereocenters. The molecular weight excluding hydrogens is 259 g/mol. The van der Waals surface area contributed by atoms with Crippen molar-refractivity contribution < 1.29 is 13.9 Å². The van der Waals surface area contributed by atoms with Gasteiger partial charge in [0.05, 0.1) is 18.5 Å². The lowest BCUT2D eigenvalue weighted by Gasteiger charge is -2.06. The van der Waals surface area contributed by atoms with Crippen molar-refractivity contribution in [2.24, 2.45) is 7.05 Å². The molecule has 0 aliphatic carbocycles. The van der Waals surface area contributed by atoms with E-state index in [1.165, 1.54) is 18.3 Å². The number of hydrogen-bond donors (Lipinski definition) is 0. The molecule has 0 unspecified atom stereocenters. The van der Waals surface area contributed by atoms with E-state index in [0.29, 0.717) is 25.0 Å². The summed E-state index contributed by atoms with van der Waals surface area (Å²) in [6, 6.07) is 6.36. The highest BCUT2D eigenvalue weighted by Crippen LogP contribution is 2.13. The van der Waals surface area contributed by atoms with E-state index >= 15 is 0 Å². The van der Waals surface area contributed by atoms with Gasteiger partial charge >= 0.3 is 5.97 Å². The molecule has 2 aromatic rings. The van der Waals surface area contributed by atoms with Gasteiger partial charge in [0.2, 0.25) is 0 Å². The van der Waals surface area contributed by atoms with E-state index in [2.05, 4.69) is 5.10 Å². The molecule has 1 aromatic carbocycles. The van der Waals surface area contributed by atoms with Crippen molar-refractivity contribution in [2.45, 2.75) is 19.8 Å². The second-order valence-electron chi connectivity index (χ2n) is 4.48. The molecule has 0 spiro atoms. The molecule has 2 rings (SSSR count). The molecule has 0 amide bonds. The van der Waals surface area contributed by atoms with E-state index in [9.17, 15) is 9.18 Å². The maximum Gasteiger partial charge on any atom is 0.341 e. The molecule has 0 bridgehead atoms. The third-order valence-corrected chi connectivity index (χ3v) is 3.12. The zero-order chi connectivity index (χ0) is 14.5. The average Bonchev–Trinajstić information content (AvgIpc) is 2.80. The van der Waals surface area contributed by atoms with Crippen LogP contribution < -0.4 is 0 Å². The van der Waals surface area contributed by atoms with Gasteiger partial charge in [-0.05, 0) is 37.5 Å². The number of nitrogens with zero attached hydrogens (tertiary/aromatic N) is 2. The molecule has 0 radical (unpaired) electrons. The first kappa shape index (κ1) is 14.2. The Morgan fingerprint density at radius 3 is 2.65 bits per heavy atom. The summed E-state index contributed by atoms with van der Waals surface area (Å²) in [5.41, 5.74) is 2.34. The number of benzene rings is 1. The first-order valence-electron chi connectivity index (χ1n) is 6.54. The van der Waals surface area contributed by atoms with Crippen LogP contribution in [0.2, 0.25) is 0 Å². The van der Waals surface area contributed by atoms with Gasteiger partial charge in [-0.2, -0.15) is 5.10 Å². The van der Waals surface area contributed by atoms with Crippen molar-refractivity contribution >= 4 is 5.97 Å². The molecule has 1 heterocycles. The topological polar surface area (TPSA) is 44.1 Å². The van der Waals surface area contributed by atoms with Crippen LogP contribution in [0.1, 0.15) is 28.5 Å². The van der Waals surface area contributed by atoms with Crippen molar-refractivity contribution in [3.8, 4) is 0 Å². The monoisotopic (exact) mass is 276 g/mol. The number of ether oxygens (including phenoxy) is 1. The Morgan fingerprint density at radius 2 is 2.00 bits per heavy atom. The molecule has 0 aliphatic rings.